The van der Waals surface area contributed by atoms with Gasteiger partial charge in [0.05, 0.1) is 5.69 Å². The summed E-state index contributed by atoms with van der Waals surface area (Å²) in [5.74, 6) is 0. The number of hydrogen-bond donors (Lipinski definition) is 0. The highest BCUT2D eigenvalue weighted by molar-refractivity contribution is 5.11. The first-order chi connectivity index (χ1) is 4.43. The average Bonchev–Trinajstić information content (AvgIpc) is 1.91. The zero-order valence-electron chi connectivity index (χ0n) is 5.33. The molecule has 45 valence electrons. The lowest BCUT2D eigenvalue weighted by molar-refractivity contribution is 1.25. The second kappa shape index (κ2) is 3.02. The lowest BCUT2D eigenvalue weighted by Crippen LogP contribution is -1.76. The smallest absolute Gasteiger partial charge is 0.0705 e. The maximum Gasteiger partial charge on any atom is 0.0705 e. The Morgan fingerprint density at radius 2 is 2.44 bits per heavy atom. The standard InChI is InChI=1S/C8H8N/c1-2-5-8-6-3-4-7-9-8/h2-4,6-7H,1H3. The third kappa shape index (κ3) is 1.68. The number of pyridine rings is 1. The summed E-state index contributed by atoms with van der Waals surface area (Å²) in [4.78, 5) is 4.03. The van der Waals surface area contributed by atoms with Gasteiger partial charge in [0.15, 0.2) is 0 Å². The molecule has 0 atom stereocenters. The highest BCUT2D eigenvalue weighted by atomic mass is 14.6. The Bertz CT molecular complexity index is 189. The first-order valence-electron chi connectivity index (χ1n) is 2.89. The van der Waals surface area contributed by atoms with Crippen molar-refractivity contribution >= 4 is 0 Å². The fraction of sp³-hybridized carbons (Fsp3) is 0.125. The second-order valence-corrected chi connectivity index (χ2v) is 1.65. The maximum absolute atomic E-state index is 4.03. The predicted octanol–water partition coefficient (Wildman–Crippen LogP) is 1.81. The molecule has 9 heavy (non-hydrogen) atoms. The van der Waals surface area contributed by atoms with Gasteiger partial charge < -0.3 is 0 Å². The van der Waals surface area contributed by atoms with Crippen molar-refractivity contribution in [2.75, 3.05) is 0 Å². The van der Waals surface area contributed by atoms with Crippen LogP contribution in [0.5, 0.6) is 0 Å². The maximum atomic E-state index is 4.03. The SMILES string of the molecule is C/C=[C]/c1ccccn1. The quantitative estimate of drug-likeness (QED) is 0.548. The lowest BCUT2D eigenvalue weighted by atomic mass is 10.3. The van der Waals surface area contributed by atoms with Crippen molar-refractivity contribution < 1.29 is 0 Å². The van der Waals surface area contributed by atoms with Crippen LogP contribution in [0.25, 0.3) is 0 Å². The van der Waals surface area contributed by atoms with E-state index >= 15 is 0 Å². The van der Waals surface area contributed by atoms with Crippen molar-refractivity contribution in [3.63, 3.8) is 0 Å². The lowest BCUT2D eigenvalue weighted by Gasteiger charge is -1.85. The summed E-state index contributed by atoms with van der Waals surface area (Å²) in [6.07, 6.45) is 6.58. The summed E-state index contributed by atoms with van der Waals surface area (Å²) in [5, 5.41) is 0. The van der Waals surface area contributed by atoms with Crippen molar-refractivity contribution in [2.24, 2.45) is 0 Å². The van der Waals surface area contributed by atoms with Crippen LogP contribution in [0, 0.1) is 6.08 Å². The number of nitrogens with zero attached hydrogens (tertiary/aromatic N) is 1. The van der Waals surface area contributed by atoms with Gasteiger partial charge in [0.1, 0.15) is 0 Å². The van der Waals surface area contributed by atoms with Crippen LogP contribution in [-0.4, -0.2) is 4.98 Å². The van der Waals surface area contributed by atoms with Crippen molar-refractivity contribution in [2.45, 2.75) is 6.92 Å². The van der Waals surface area contributed by atoms with Crippen LogP contribution < -0.4 is 0 Å². The third-order valence-electron chi connectivity index (χ3n) is 0.957. The largest absolute Gasteiger partial charge is 0.256 e. The molecule has 0 aliphatic rings. The molecule has 0 saturated carbocycles. The highest BCUT2D eigenvalue weighted by Crippen LogP contribution is 1.91. The summed E-state index contributed by atoms with van der Waals surface area (Å²) < 4.78 is 0. The van der Waals surface area contributed by atoms with Gasteiger partial charge in [-0.25, -0.2) is 0 Å². The van der Waals surface area contributed by atoms with Gasteiger partial charge in [0.2, 0.25) is 0 Å². The molecule has 1 heteroatoms. The van der Waals surface area contributed by atoms with Gasteiger partial charge in [-0.05, 0) is 19.1 Å². The van der Waals surface area contributed by atoms with E-state index in [1.165, 1.54) is 0 Å². The van der Waals surface area contributed by atoms with Crippen LogP contribution in [0.2, 0.25) is 0 Å². The van der Waals surface area contributed by atoms with Crippen LogP contribution in [0.1, 0.15) is 12.6 Å². The monoisotopic (exact) mass is 118 g/mol. The minimum atomic E-state index is 0.889. The summed E-state index contributed by atoms with van der Waals surface area (Å²) in [5.41, 5.74) is 0.889. The van der Waals surface area contributed by atoms with E-state index < -0.39 is 0 Å². The van der Waals surface area contributed by atoms with Crippen LogP contribution in [-0.2, 0) is 0 Å². The molecule has 0 fully saturated rings. The zero-order chi connectivity index (χ0) is 6.53. The van der Waals surface area contributed by atoms with E-state index in [-0.39, 0.29) is 0 Å². The molecule has 0 unspecified atom stereocenters. The number of aromatic nitrogens is 1. The Labute approximate surface area is 55.1 Å². The van der Waals surface area contributed by atoms with Gasteiger partial charge in [-0.2, -0.15) is 0 Å². The van der Waals surface area contributed by atoms with Gasteiger partial charge in [-0.1, -0.05) is 12.1 Å². The van der Waals surface area contributed by atoms with Crippen molar-refractivity contribution in [1.82, 2.24) is 4.98 Å². The third-order valence-corrected chi connectivity index (χ3v) is 0.957. The van der Waals surface area contributed by atoms with Crippen LogP contribution in [0.3, 0.4) is 0 Å². The van der Waals surface area contributed by atoms with Crippen LogP contribution in [0.4, 0.5) is 0 Å². The Balaban J connectivity index is 2.85. The van der Waals surface area contributed by atoms with Crippen molar-refractivity contribution in [1.29, 1.82) is 0 Å². The average molecular weight is 118 g/mol. The summed E-state index contributed by atoms with van der Waals surface area (Å²) in [7, 11) is 0. The molecule has 1 nitrogen and oxygen atoms in total. The highest BCUT2D eigenvalue weighted by Gasteiger charge is 1.80. The van der Waals surface area contributed by atoms with Crippen LogP contribution >= 0.6 is 0 Å². The molecule has 1 aromatic rings. The molecule has 0 amide bonds. The Kier molecular flexibility index (Phi) is 2.02. The minimum absolute atomic E-state index is 0.889. The Morgan fingerprint density at radius 1 is 1.56 bits per heavy atom. The first kappa shape index (κ1) is 6.02. The summed E-state index contributed by atoms with van der Waals surface area (Å²) >= 11 is 0. The topological polar surface area (TPSA) is 12.9 Å². The second-order valence-electron chi connectivity index (χ2n) is 1.65. The van der Waals surface area contributed by atoms with Crippen molar-refractivity contribution in [3.8, 4) is 0 Å². The number of rotatable bonds is 1. The van der Waals surface area contributed by atoms with E-state index in [1.807, 2.05) is 31.2 Å². The first-order valence-corrected chi connectivity index (χ1v) is 2.89. The predicted molar refractivity (Wildman–Crippen MR) is 36.8 cm³/mol. The van der Waals surface area contributed by atoms with Gasteiger partial charge in [-0.3, -0.25) is 4.98 Å². The number of hydrogen-bond acceptors (Lipinski definition) is 1. The molecule has 0 N–H and O–H groups in total. The van der Waals surface area contributed by atoms with Crippen LogP contribution in [0.15, 0.2) is 30.5 Å². The molecule has 1 aromatic heterocycles. The van der Waals surface area contributed by atoms with E-state index in [1.54, 1.807) is 6.20 Å². The van der Waals surface area contributed by atoms with E-state index in [2.05, 4.69) is 11.1 Å². The number of allylic oxidation sites excluding steroid dienone is 1. The summed E-state index contributed by atoms with van der Waals surface area (Å²) in [6, 6.07) is 5.75. The van der Waals surface area contributed by atoms with Gasteiger partial charge in [0, 0.05) is 12.3 Å². The Morgan fingerprint density at radius 3 is 3.00 bits per heavy atom. The van der Waals surface area contributed by atoms with E-state index in [0.717, 1.165) is 5.69 Å². The normalized spacial score (nSPS) is 10.3. The molecule has 0 aromatic carbocycles. The van der Waals surface area contributed by atoms with Gasteiger partial charge in [-0.15, -0.1) is 0 Å². The minimum Gasteiger partial charge on any atom is -0.256 e. The molecule has 0 bridgehead atoms. The van der Waals surface area contributed by atoms with Gasteiger partial charge in [0.25, 0.3) is 0 Å². The van der Waals surface area contributed by atoms with Crippen molar-refractivity contribution in [3.05, 3.63) is 42.2 Å². The molecule has 1 rings (SSSR count). The molecule has 0 aliphatic heterocycles. The van der Waals surface area contributed by atoms with Gasteiger partial charge >= 0.3 is 0 Å². The molecule has 1 heterocycles. The molecule has 1 radical (unpaired) electrons. The molecular weight excluding hydrogens is 110 g/mol. The van der Waals surface area contributed by atoms with E-state index in [9.17, 15) is 0 Å². The summed E-state index contributed by atoms with van der Waals surface area (Å²) in [6.45, 7) is 1.93. The Hall–Kier alpha value is -1.11. The fourth-order valence-corrected chi connectivity index (χ4v) is 0.596. The zero-order valence-corrected chi connectivity index (χ0v) is 5.33. The molecule has 0 spiro atoms. The molecule has 0 saturated heterocycles. The van der Waals surface area contributed by atoms with E-state index in [4.69, 9.17) is 0 Å². The molecular formula is C8H8N. The van der Waals surface area contributed by atoms with E-state index in [0.29, 0.717) is 0 Å². The molecule has 0 aliphatic carbocycles. The fourth-order valence-electron chi connectivity index (χ4n) is 0.596.